The summed E-state index contributed by atoms with van der Waals surface area (Å²) in [5, 5.41) is 1.02. The first-order valence-electron chi connectivity index (χ1n) is 5.72. The molecule has 0 aliphatic heterocycles. The number of hydrogen-bond acceptors (Lipinski definition) is 3. The van der Waals surface area contributed by atoms with Gasteiger partial charge >= 0.3 is 6.16 Å². The molecule has 17 heavy (non-hydrogen) atoms. The van der Waals surface area contributed by atoms with Crippen molar-refractivity contribution in [3.05, 3.63) is 36.5 Å². The lowest BCUT2D eigenvalue weighted by atomic mass is 10.3. The molecule has 0 fully saturated rings. The van der Waals surface area contributed by atoms with Gasteiger partial charge in [-0.1, -0.05) is 31.5 Å². The number of nitrogens with zero attached hydrogens (tertiary/aromatic N) is 1. The molecule has 1 aromatic carbocycles. The van der Waals surface area contributed by atoms with Crippen molar-refractivity contribution in [2.45, 2.75) is 19.8 Å². The van der Waals surface area contributed by atoms with Crippen LogP contribution in [0, 0.1) is 0 Å². The fourth-order valence-electron chi connectivity index (χ4n) is 1.54. The lowest BCUT2D eigenvalue weighted by Crippen LogP contribution is -2.20. The van der Waals surface area contributed by atoms with Gasteiger partial charge in [0.1, 0.15) is 0 Å². The Balaban J connectivity index is 2.01. The highest BCUT2D eigenvalue weighted by Gasteiger charge is 2.07. The standard InChI is InChI=1S/C13H15NO3/c1-2-3-10-16-13(15)17-14-9-8-11-6-4-5-7-12(11)14/h4-9H,2-3,10H2,1H3. The molecule has 90 valence electrons. The number of fused-ring (bicyclic) bond motifs is 1. The van der Waals surface area contributed by atoms with E-state index in [1.165, 1.54) is 4.73 Å². The van der Waals surface area contributed by atoms with E-state index in [-0.39, 0.29) is 0 Å². The predicted octanol–water partition coefficient (Wildman–Crippen LogP) is 3.01. The number of ether oxygens (including phenoxy) is 1. The average molecular weight is 233 g/mol. The van der Waals surface area contributed by atoms with Crippen LogP contribution < -0.4 is 4.84 Å². The average Bonchev–Trinajstić information content (AvgIpc) is 2.73. The molecule has 0 amide bonds. The molecule has 2 rings (SSSR count). The normalized spacial score (nSPS) is 10.4. The second-order valence-electron chi connectivity index (χ2n) is 3.74. The molecule has 0 unspecified atom stereocenters. The SMILES string of the molecule is CCCCOC(=O)On1ccc2ccccc21. The van der Waals surface area contributed by atoms with E-state index in [9.17, 15) is 4.79 Å². The van der Waals surface area contributed by atoms with Crippen molar-refractivity contribution < 1.29 is 14.4 Å². The zero-order chi connectivity index (χ0) is 12.1. The van der Waals surface area contributed by atoms with Gasteiger partial charge in [-0.25, -0.2) is 4.79 Å². The van der Waals surface area contributed by atoms with E-state index in [0.29, 0.717) is 6.61 Å². The number of carbonyl (C=O) groups is 1. The molecule has 0 bridgehead atoms. The van der Waals surface area contributed by atoms with E-state index in [2.05, 4.69) is 0 Å². The minimum absolute atomic E-state index is 0.397. The van der Waals surface area contributed by atoms with Crippen LogP contribution in [0.15, 0.2) is 36.5 Å². The maximum Gasteiger partial charge on any atom is 0.533 e. The van der Waals surface area contributed by atoms with Gasteiger partial charge in [0.15, 0.2) is 0 Å². The first-order chi connectivity index (χ1) is 8.31. The maximum absolute atomic E-state index is 11.4. The first-order valence-corrected chi connectivity index (χ1v) is 5.72. The van der Waals surface area contributed by atoms with Crippen LogP contribution in [0.5, 0.6) is 0 Å². The Morgan fingerprint density at radius 3 is 2.94 bits per heavy atom. The van der Waals surface area contributed by atoms with E-state index in [4.69, 9.17) is 9.57 Å². The number of unbranched alkanes of at least 4 members (excludes halogenated alkanes) is 1. The molecule has 0 aliphatic rings. The van der Waals surface area contributed by atoms with Gasteiger partial charge in [-0.15, -0.1) is 0 Å². The fourth-order valence-corrected chi connectivity index (χ4v) is 1.54. The molecule has 0 radical (unpaired) electrons. The summed E-state index contributed by atoms with van der Waals surface area (Å²) in [6, 6.07) is 9.55. The Morgan fingerprint density at radius 2 is 2.12 bits per heavy atom. The Hall–Kier alpha value is -1.97. The molecule has 0 N–H and O–H groups in total. The molecule has 1 heterocycles. The van der Waals surface area contributed by atoms with Crippen LogP contribution in [-0.4, -0.2) is 17.5 Å². The number of hydrogen-bond donors (Lipinski definition) is 0. The van der Waals surface area contributed by atoms with Crippen LogP contribution >= 0.6 is 0 Å². The van der Waals surface area contributed by atoms with Crippen molar-refractivity contribution in [1.29, 1.82) is 0 Å². The highest BCUT2D eigenvalue weighted by molar-refractivity contribution is 5.80. The molecule has 0 aliphatic carbocycles. The summed E-state index contributed by atoms with van der Waals surface area (Å²) in [6.45, 7) is 2.43. The van der Waals surface area contributed by atoms with Crippen molar-refractivity contribution in [2.75, 3.05) is 6.61 Å². The van der Waals surface area contributed by atoms with E-state index in [1.54, 1.807) is 6.20 Å². The highest BCUT2D eigenvalue weighted by atomic mass is 16.8. The number of para-hydroxylation sites is 1. The molecule has 2 aromatic rings. The maximum atomic E-state index is 11.4. The molecular formula is C13H15NO3. The molecular weight excluding hydrogens is 218 g/mol. The fraction of sp³-hybridized carbons (Fsp3) is 0.308. The van der Waals surface area contributed by atoms with Crippen LogP contribution in [0.4, 0.5) is 4.79 Å². The molecule has 0 spiro atoms. The Labute approximate surface area is 99.7 Å². The zero-order valence-electron chi connectivity index (χ0n) is 9.76. The van der Waals surface area contributed by atoms with Gasteiger partial charge in [0.2, 0.25) is 0 Å². The smallest absolute Gasteiger partial charge is 0.433 e. The van der Waals surface area contributed by atoms with Crippen molar-refractivity contribution in [3.63, 3.8) is 0 Å². The van der Waals surface area contributed by atoms with Crippen molar-refractivity contribution >= 4 is 17.1 Å². The van der Waals surface area contributed by atoms with Crippen molar-refractivity contribution in [2.24, 2.45) is 0 Å². The van der Waals surface area contributed by atoms with E-state index >= 15 is 0 Å². The molecule has 4 heteroatoms. The van der Waals surface area contributed by atoms with Crippen LogP contribution in [-0.2, 0) is 4.74 Å². The number of rotatable bonds is 4. The summed E-state index contributed by atoms with van der Waals surface area (Å²) in [7, 11) is 0. The Bertz CT molecular complexity index is 504. The topological polar surface area (TPSA) is 40.5 Å². The Morgan fingerprint density at radius 1 is 1.29 bits per heavy atom. The van der Waals surface area contributed by atoms with Gasteiger partial charge in [0.25, 0.3) is 0 Å². The Kier molecular flexibility index (Phi) is 3.65. The van der Waals surface area contributed by atoms with E-state index < -0.39 is 6.16 Å². The first kappa shape index (κ1) is 11.5. The lowest BCUT2D eigenvalue weighted by molar-refractivity contribution is 0.0507. The zero-order valence-corrected chi connectivity index (χ0v) is 9.76. The van der Waals surface area contributed by atoms with E-state index in [0.717, 1.165) is 23.7 Å². The van der Waals surface area contributed by atoms with Gasteiger partial charge in [-0.05, 0) is 18.6 Å². The summed E-state index contributed by atoms with van der Waals surface area (Å²) in [6.07, 6.45) is 2.87. The second kappa shape index (κ2) is 5.39. The summed E-state index contributed by atoms with van der Waals surface area (Å²) in [5.74, 6) is 0. The van der Waals surface area contributed by atoms with Crippen LogP contribution in [0.2, 0.25) is 0 Å². The van der Waals surface area contributed by atoms with E-state index in [1.807, 2.05) is 37.3 Å². The molecule has 0 atom stereocenters. The monoisotopic (exact) mass is 233 g/mol. The third kappa shape index (κ3) is 2.78. The van der Waals surface area contributed by atoms with Crippen LogP contribution in [0.1, 0.15) is 19.8 Å². The summed E-state index contributed by atoms with van der Waals surface area (Å²) < 4.78 is 6.34. The number of carbonyl (C=O) groups excluding carboxylic acids is 1. The van der Waals surface area contributed by atoms with Crippen LogP contribution in [0.3, 0.4) is 0 Å². The lowest BCUT2D eigenvalue weighted by Gasteiger charge is -2.06. The van der Waals surface area contributed by atoms with Gasteiger partial charge in [-0.2, -0.15) is 4.73 Å². The largest absolute Gasteiger partial charge is 0.533 e. The van der Waals surface area contributed by atoms with Crippen LogP contribution in [0.25, 0.3) is 10.9 Å². The third-order valence-corrected chi connectivity index (χ3v) is 2.45. The van der Waals surface area contributed by atoms with Gasteiger partial charge in [0, 0.05) is 11.6 Å². The molecule has 4 nitrogen and oxygen atoms in total. The molecule has 1 aromatic heterocycles. The summed E-state index contributed by atoms with van der Waals surface area (Å²) in [4.78, 5) is 16.4. The van der Waals surface area contributed by atoms with Crippen molar-refractivity contribution in [1.82, 2.24) is 4.73 Å². The van der Waals surface area contributed by atoms with Gasteiger partial charge < -0.3 is 9.57 Å². The minimum atomic E-state index is -0.667. The van der Waals surface area contributed by atoms with Gasteiger partial charge in [-0.3, -0.25) is 0 Å². The minimum Gasteiger partial charge on any atom is -0.433 e. The molecule has 0 saturated heterocycles. The predicted molar refractivity (Wildman–Crippen MR) is 64.8 cm³/mol. The number of aromatic nitrogens is 1. The summed E-state index contributed by atoms with van der Waals surface area (Å²) >= 11 is 0. The summed E-state index contributed by atoms with van der Waals surface area (Å²) in [5.41, 5.74) is 0.847. The molecule has 0 saturated carbocycles. The number of benzene rings is 1. The second-order valence-corrected chi connectivity index (χ2v) is 3.74. The highest BCUT2D eigenvalue weighted by Crippen LogP contribution is 2.13. The quantitative estimate of drug-likeness (QED) is 0.602. The van der Waals surface area contributed by atoms with Gasteiger partial charge in [0.05, 0.1) is 12.1 Å². The van der Waals surface area contributed by atoms with Crippen molar-refractivity contribution in [3.8, 4) is 0 Å². The third-order valence-electron chi connectivity index (χ3n) is 2.45.